The van der Waals surface area contributed by atoms with Gasteiger partial charge in [0.15, 0.2) is 6.10 Å². The van der Waals surface area contributed by atoms with E-state index in [1.54, 1.807) is 0 Å². The highest BCUT2D eigenvalue weighted by Crippen LogP contribution is 2.16. The Labute approximate surface area is 493 Å². The lowest BCUT2D eigenvalue weighted by atomic mass is 10.0. The van der Waals surface area contributed by atoms with Crippen LogP contribution < -0.4 is 0 Å². The number of esters is 2. The van der Waals surface area contributed by atoms with Gasteiger partial charge in [-0.1, -0.05) is 300 Å². The number of aliphatic hydroxyl groups is 1. The molecule has 1 unspecified atom stereocenters. The first-order valence-electron chi connectivity index (χ1n) is 32.7. The van der Waals surface area contributed by atoms with Crippen LogP contribution in [-0.4, -0.2) is 36.4 Å². The van der Waals surface area contributed by atoms with Gasteiger partial charge in [-0.3, -0.25) is 9.59 Å². The van der Waals surface area contributed by atoms with E-state index in [4.69, 9.17) is 9.47 Å². The summed E-state index contributed by atoms with van der Waals surface area (Å²) in [5, 5.41) is 9.68. The lowest BCUT2D eigenvalue weighted by Crippen LogP contribution is -2.28. The zero-order valence-corrected chi connectivity index (χ0v) is 51.5. The van der Waals surface area contributed by atoms with Crippen LogP contribution >= 0.6 is 0 Å². The number of carbonyl (C=O) groups is 2. The van der Waals surface area contributed by atoms with Crippen LogP contribution in [0.2, 0.25) is 0 Å². The van der Waals surface area contributed by atoms with Gasteiger partial charge in [-0.25, -0.2) is 0 Å². The van der Waals surface area contributed by atoms with E-state index in [9.17, 15) is 14.7 Å². The predicted octanol–water partition coefficient (Wildman–Crippen LogP) is 22.9. The number of hydrogen-bond acceptors (Lipinski definition) is 5. The topological polar surface area (TPSA) is 72.8 Å². The summed E-state index contributed by atoms with van der Waals surface area (Å²) in [5.41, 5.74) is 0. The molecule has 1 atom stereocenters. The van der Waals surface area contributed by atoms with Crippen LogP contribution in [0.1, 0.15) is 271 Å². The molecular formula is C75H120O5. The van der Waals surface area contributed by atoms with Gasteiger partial charge in [0.05, 0.1) is 6.61 Å². The van der Waals surface area contributed by atoms with Crippen LogP contribution in [0.3, 0.4) is 0 Å². The maximum absolute atomic E-state index is 12.3. The number of ether oxygens (including phenoxy) is 2. The molecule has 0 aromatic heterocycles. The van der Waals surface area contributed by atoms with Gasteiger partial charge >= 0.3 is 11.9 Å². The van der Waals surface area contributed by atoms with Gasteiger partial charge in [0.1, 0.15) is 6.61 Å². The van der Waals surface area contributed by atoms with E-state index in [-0.39, 0.29) is 25.2 Å². The Morgan fingerprint density at radius 2 is 0.500 bits per heavy atom. The van der Waals surface area contributed by atoms with Gasteiger partial charge < -0.3 is 14.6 Å². The molecule has 0 heterocycles. The highest BCUT2D eigenvalue weighted by atomic mass is 16.6. The molecule has 0 aliphatic rings. The predicted molar refractivity (Wildman–Crippen MR) is 352 cm³/mol. The Bertz CT molecular complexity index is 1770. The first-order valence-corrected chi connectivity index (χ1v) is 32.7. The van der Waals surface area contributed by atoms with E-state index in [0.29, 0.717) is 12.8 Å². The van der Waals surface area contributed by atoms with Crippen LogP contribution in [-0.2, 0) is 19.1 Å². The summed E-state index contributed by atoms with van der Waals surface area (Å²) in [4.78, 5) is 24.6. The molecule has 80 heavy (non-hydrogen) atoms. The second-order valence-electron chi connectivity index (χ2n) is 21.1. The molecule has 0 bridgehead atoms. The van der Waals surface area contributed by atoms with Crippen molar-refractivity contribution < 1.29 is 24.2 Å². The van der Waals surface area contributed by atoms with Gasteiger partial charge in [0, 0.05) is 12.8 Å². The number of aliphatic hydroxyl groups excluding tert-OH is 1. The quantitative estimate of drug-likeness (QED) is 0.0373. The lowest BCUT2D eigenvalue weighted by molar-refractivity contribution is -0.161. The summed E-state index contributed by atoms with van der Waals surface area (Å²) >= 11 is 0. The summed E-state index contributed by atoms with van der Waals surface area (Å²) in [5.74, 6) is -0.624. The Morgan fingerprint density at radius 3 is 0.750 bits per heavy atom. The van der Waals surface area contributed by atoms with Crippen molar-refractivity contribution in [3.05, 3.63) is 170 Å². The van der Waals surface area contributed by atoms with Crippen molar-refractivity contribution in [2.75, 3.05) is 13.2 Å². The molecule has 0 saturated heterocycles. The molecule has 5 heteroatoms. The Hall–Kier alpha value is -4.74. The van der Waals surface area contributed by atoms with Gasteiger partial charge in [-0.2, -0.15) is 0 Å². The summed E-state index contributed by atoms with van der Waals surface area (Å²) in [6, 6.07) is 0. The highest BCUT2D eigenvalue weighted by molar-refractivity contribution is 5.70. The van der Waals surface area contributed by atoms with E-state index < -0.39 is 6.10 Å². The number of hydrogen-bond donors (Lipinski definition) is 1. The third kappa shape index (κ3) is 65.8. The van der Waals surface area contributed by atoms with Gasteiger partial charge in [0.25, 0.3) is 0 Å². The SMILES string of the molecule is CC/C=C\C/C=C\C/C=C\C/C=C\C/C=C\C/C=C\C/C=C\C/C=C\CCCCCCC(=O)OC(CO)COC(=O)CCCCCCCCCCCCCCCCCCCC/C=C\C/C=C\C/C=C\C/C=C\C/C=C\C/C=C\CC. The van der Waals surface area contributed by atoms with Crippen molar-refractivity contribution in [1.29, 1.82) is 0 Å². The molecule has 450 valence electrons. The minimum absolute atomic E-state index is 0.0849. The minimum Gasteiger partial charge on any atom is -0.462 e. The van der Waals surface area contributed by atoms with E-state index >= 15 is 0 Å². The smallest absolute Gasteiger partial charge is 0.306 e. The number of carbonyl (C=O) groups excluding carboxylic acids is 2. The molecule has 0 radical (unpaired) electrons. The van der Waals surface area contributed by atoms with Crippen molar-refractivity contribution in [3.8, 4) is 0 Å². The summed E-state index contributed by atoms with van der Waals surface area (Å²) in [6.45, 7) is 3.89. The third-order valence-electron chi connectivity index (χ3n) is 13.5. The summed E-state index contributed by atoms with van der Waals surface area (Å²) < 4.78 is 10.7. The fraction of sp³-hybridized carbons (Fsp3) is 0.600. The van der Waals surface area contributed by atoms with E-state index in [1.807, 2.05) is 0 Å². The van der Waals surface area contributed by atoms with E-state index in [1.165, 1.54) is 103 Å². The third-order valence-corrected chi connectivity index (χ3v) is 13.5. The van der Waals surface area contributed by atoms with Crippen molar-refractivity contribution in [2.45, 2.75) is 277 Å². The maximum Gasteiger partial charge on any atom is 0.306 e. The molecule has 0 amide bonds. The van der Waals surface area contributed by atoms with Crippen molar-refractivity contribution in [2.24, 2.45) is 0 Å². The maximum atomic E-state index is 12.3. The number of rotatable bonds is 58. The monoisotopic (exact) mass is 1100 g/mol. The molecule has 0 aromatic carbocycles. The first-order chi connectivity index (χ1) is 39.6. The molecule has 0 spiro atoms. The van der Waals surface area contributed by atoms with Crippen LogP contribution in [0.5, 0.6) is 0 Å². The average molecular weight is 1100 g/mol. The molecular weight excluding hydrogens is 981 g/mol. The molecule has 0 aromatic rings. The summed E-state index contributed by atoms with van der Waals surface area (Å²) in [6.07, 6.45) is 106. The van der Waals surface area contributed by atoms with Crippen LogP contribution in [0.4, 0.5) is 0 Å². The van der Waals surface area contributed by atoms with Gasteiger partial charge in [-0.15, -0.1) is 0 Å². The van der Waals surface area contributed by atoms with Crippen LogP contribution in [0, 0.1) is 0 Å². The van der Waals surface area contributed by atoms with Crippen molar-refractivity contribution >= 4 is 11.9 Å². The molecule has 0 rings (SSSR count). The highest BCUT2D eigenvalue weighted by Gasteiger charge is 2.16. The molecule has 5 nitrogen and oxygen atoms in total. The standard InChI is InChI=1S/C75H120O5/c1-3-5-7-9-11-13-15-17-19-21-23-25-27-29-31-33-34-35-36-37-38-39-40-42-43-45-47-49-51-53-55-57-59-61-63-65-67-69-74(77)79-72-73(71-76)80-75(78)70-68-66-64-62-60-58-56-54-52-50-48-46-44-41-32-30-28-26-24-22-20-18-16-14-12-10-8-6-4-2/h5-8,11-14,17-20,23-26,29-32,34-35,44,46,50,52,56,58,73,76H,3-4,9-10,15-16,21-22,27-28,33,36-43,45,47-49,51,53-55,57,59-72H2,1-2H3/b7-5-,8-6-,13-11-,14-12-,19-17-,20-18-,25-23-,26-24-,31-29-,32-30-,35-34-,46-44-,52-50-,58-56-. The lowest BCUT2D eigenvalue weighted by Gasteiger charge is -2.15. The molecule has 0 fully saturated rings. The first kappa shape index (κ1) is 75.3. The van der Waals surface area contributed by atoms with E-state index in [0.717, 1.165) is 141 Å². The Kier molecular flexibility index (Phi) is 64.5. The average Bonchev–Trinajstić information content (AvgIpc) is 3.46. The Balaban J connectivity index is 3.56. The summed E-state index contributed by atoms with van der Waals surface area (Å²) in [7, 11) is 0. The largest absolute Gasteiger partial charge is 0.462 e. The molecule has 1 N–H and O–H groups in total. The minimum atomic E-state index is -0.799. The fourth-order valence-corrected chi connectivity index (χ4v) is 8.69. The fourth-order valence-electron chi connectivity index (χ4n) is 8.69. The van der Waals surface area contributed by atoms with Gasteiger partial charge in [0.2, 0.25) is 0 Å². The van der Waals surface area contributed by atoms with Crippen LogP contribution in [0.25, 0.3) is 0 Å². The molecule has 0 aliphatic heterocycles. The van der Waals surface area contributed by atoms with E-state index in [2.05, 4.69) is 184 Å². The second-order valence-corrected chi connectivity index (χ2v) is 21.1. The van der Waals surface area contributed by atoms with Crippen molar-refractivity contribution in [1.82, 2.24) is 0 Å². The zero-order chi connectivity index (χ0) is 57.6. The number of allylic oxidation sites excluding steroid dienone is 28. The zero-order valence-electron chi connectivity index (χ0n) is 51.5. The van der Waals surface area contributed by atoms with Gasteiger partial charge in [-0.05, 0) is 128 Å². The number of unbranched alkanes of at least 4 members (excludes halogenated alkanes) is 22. The van der Waals surface area contributed by atoms with Crippen molar-refractivity contribution in [3.63, 3.8) is 0 Å². The second kappa shape index (κ2) is 68.5. The normalized spacial score (nSPS) is 13.4. The molecule has 0 saturated carbocycles. The Morgan fingerprint density at radius 1 is 0.287 bits per heavy atom. The molecule has 0 aliphatic carbocycles. The van der Waals surface area contributed by atoms with Crippen LogP contribution in [0.15, 0.2) is 170 Å².